The highest BCUT2D eigenvalue weighted by Crippen LogP contribution is 1.97. The Hall–Kier alpha value is 0.336. The lowest BCUT2D eigenvalue weighted by Gasteiger charge is -1.77. The molecule has 0 spiro atoms. The standard InChI is InChI=1S/C6H5S.Mg/c7-6-4-2-1-3-5-6;/h1-4,7H;/q;+2. The zero-order valence-corrected chi connectivity index (χ0v) is 6.77. The van der Waals surface area contributed by atoms with Gasteiger partial charge in [-0.05, 0) is 6.07 Å². The fourth-order valence-electron chi connectivity index (χ4n) is 0.511. The van der Waals surface area contributed by atoms with Gasteiger partial charge < -0.3 is 0 Å². The molecule has 0 aliphatic rings. The summed E-state index contributed by atoms with van der Waals surface area (Å²) < 4.78 is 1.26. The molecular formula is C6H5MgS+2. The second kappa shape index (κ2) is 2.76. The minimum absolute atomic E-state index is 1.07. The summed E-state index contributed by atoms with van der Waals surface area (Å²) in [6, 6.07) is 8.05. The molecule has 0 nitrogen and oxygen atoms in total. The molecule has 2 heteroatoms. The van der Waals surface area contributed by atoms with E-state index in [2.05, 4.69) is 18.7 Å². The SMILES string of the molecule is [Mg+2][c]1ccccc1S. The van der Waals surface area contributed by atoms with Gasteiger partial charge in [0, 0.05) is 6.07 Å². The van der Waals surface area contributed by atoms with Gasteiger partial charge >= 0.3 is 25.4 Å². The van der Waals surface area contributed by atoms with Gasteiger partial charge in [0.2, 0.25) is 0 Å². The topological polar surface area (TPSA) is 0 Å². The highest BCUT2D eigenvalue weighted by Gasteiger charge is 2.32. The summed E-state index contributed by atoms with van der Waals surface area (Å²) in [6.45, 7) is 0. The maximum Gasteiger partial charge on any atom is 1.47 e. The van der Waals surface area contributed by atoms with E-state index in [4.69, 9.17) is 0 Å². The van der Waals surface area contributed by atoms with Crippen LogP contribution < -0.4 is 3.69 Å². The van der Waals surface area contributed by atoms with Crippen molar-refractivity contribution >= 4 is 38.0 Å². The Morgan fingerprint density at radius 2 is 1.88 bits per heavy atom. The van der Waals surface area contributed by atoms with Crippen LogP contribution in [0.15, 0.2) is 29.2 Å². The molecule has 1 aromatic rings. The molecule has 0 aliphatic heterocycles. The van der Waals surface area contributed by atoms with Gasteiger partial charge in [-0.15, -0.1) is 12.6 Å². The van der Waals surface area contributed by atoms with Gasteiger partial charge in [0.1, 0.15) is 0 Å². The third kappa shape index (κ3) is 1.40. The summed E-state index contributed by atoms with van der Waals surface area (Å²) in [5.41, 5.74) is 0. The molecule has 0 atom stereocenters. The Morgan fingerprint density at radius 3 is 2.25 bits per heavy atom. The van der Waals surface area contributed by atoms with Crippen LogP contribution in [0.1, 0.15) is 0 Å². The average Bonchev–Trinajstić information content (AvgIpc) is 1.77. The Labute approximate surface area is 67.1 Å². The van der Waals surface area contributed by atoms with Crippen LogP contribution in [0.4, 0.5) is 0 Å². The number of rotatable bonds is 0. The van der Waals surface area contributed by atoms with Gasteiger partial charge in [-0.2, -0.15) is 0 Å². The quantitative estimate of drug-likeness (QED) is 0.392. The van der Waals surface area contributed by atoms with E-state index in [1.54, 1.807) is 0 Å². The molecule has 0 aliphatic carbocycles. The second-order valence-electron chi connectivity index (χ2n) is 1.63. The molecule has 0 N–H and O–H groups in total. The normalized spacial score (nSPS) is 9.25. The molecule has 0 aromatic heterocycles. The van der Waals surface area contributed by atoms with E-state index >= 15 is 0 Å². The molecule has 0 fully saturated rings. The van der Waals surface area contributed by atoms with Crippen LogP contribution in [0.25, 0.3) is 0 Å². The lowest BCUT2D eigenvalue weighted by molar-refractivity contribution is 1.54. The van der Waals surface area contributed by atoms with Crippen molar-refractivity contribution in [1.82, 2.24) is 0 Å². The zero-order chi connectivity index (χ0) is 5.98. The Bertz CT molecular complexity index is 165. The van der Waals surface area contributed by atoms with Crippen molar-refractivity contribution in [1.29, 1.82) is 0 Å². The van der Waals surface area contributed by atoms with Gasteiger partial charge in [-0.3, -0.25) is 0 Å². The third-order valence-electron chi connectivity index (χ3n) is 0.992. The number of benzene rings is 1. The number of thiol groups is 1. The fourth-order valence-corrected chi connectivity index (χ4v) is 0.925. The van der Waals surface area contributed by atoms with E-state index < -0.39 is 0 Å². The van der Waals surface area contributed by atoms with Gasteiger partial charge in [0.25, 0.3) is 0 Å². The van der Waals surface area contributed by atoms with Crippen molar-refractivity contribution in [3.05, 3.63) is 24.3 Å². The van der Waals surface area contributed by atoms with Gasteiger partial charge in [0.05, 0.1) is 4.90 Å². The summed E-state index contributed by atoms with van der Waals surface area (Å²) in [6.07, 6.45) is 0. The molecule has 0 saturated heterocycles. The van der Waals surface area contributed by atoms with Crippen molar-refractivity contribution < 1.29 is 0 Å². The monoisotopic (exact) mass is 133 g/mol. The van der Waals surface area contributed by atoms with Crippen LogP contribution >= 0.6 is 12.6 Å². The van der Waals surface area contributed by atoms with Crippen LogP contribution in [0, 0.1) is 0 Å². The molecule has 8 heavy (non-hydrogen) atoms. The summed E-state index contributed by atoms with van der Waals surface area (Å²) in [7, 11) is 0. The van der Waals surface area contributed by atoms with Gasteiger partial charge in [-0.25, -0.2) is 0 Å². The molecule has 0 saturated carbocycles. The minimum Gasteiger partial charge on any atom is -0.136 e. The first-order chi connectivity index (χ1) is 3.80. The van der Waals surface area contributed by atoms with Crippen molar-refractivity contribution in [3.8, 4) is 0 Å². The predicted octanol–water partition coefficient (Wildman–Crippen LogP) is 0.769. The van der Waals surface area contributed by atoms with E-state index in [1.165, 1.54) is 3.69 Å². The second-order valence-corrected chi connectivity index (χ2v) is 2.87. The number of hydrogen-bond donors (Lipinski definition) is 1. The molecule has 0 heterocycles. The van der Waals surface area contributed by atoms with Crippen molar-refractivity contribution in [2.45, 2.75) is 4.90 Å². The summed E-state index contributed by atoms with van der Waals surface area (Å²) in [4.78, 5) is 1.07. The summed E-state index contributed by atoms with van der Waals surface area (Å²) >= 11 is 6.06. The molecule has 7 radical (unpaired) electrons. The highest BCUT2D eigenvalue weighted by atomic mass is 32.1. The lowest BCUT2D eigenvalue weighted by atomic mass is 10.4. The Kier molecular flexibility index (Phi) is 2.22. The summed E-state index contributed by atoms with van der Waals surface area (Å²) in [5, 5.41) is 0. The predicted molar refractivity (Wildman–Crippen MR) is 39.1 cm³/mol. The Morgan fingerprint density at radius 1 is 1.25 bits per heavy atom. The van der Waals surface area contributed by atoms with E-state index in [0.29, 0.717) is 0 Å². The third-order valence-corrected chi connectivity index (χ3v) is 2.34. The minimum atomic E-state index is 1.07. The fraction of sp³-hybridized carbons (Fsp3) is 0. The van der Waals surface area contributed by atoms with Crippen LogP contribution in [-0.2, 0) is 0 Å². The molecule has 35 valence electrons. The van der Waals surface area contributed by atoms with Crippen molar-refractivity contribution in [3.63, 3.8) is 0 Å². The van der Waals surface area contributed by atoms with Crippen molar-refractivity contribution in [2.75, 3.05) is 0 Å². The van der Waals surface area contributed by atoms with E-state index in [1.807, 2.05) is 39.9 Å². The largest absolute Gasteiger partial charge is 1.47 e. The van der Waals surface area contributed by atoms with E-state index in [9.17, 15) is 0 Å². The maximum atomic E-state index is 4.20. The first kappa shape index (κ1) is 6.46. The van der Waals surface area contributed by atoms with Crippen LogP contribution in [0.3, 0.4) is 0 Å². The van der Waals surface area contributed by atoms with Gasteiger partial charge in [0.15, 0.2) is 0 Å². The molecule has 0 bridgehead atoms. The van der Waals surface area contributed by atoms with E-state index in [-0.39, 0.29) is 0 Å². The first-order valence-electron chi connectivity index (χ1n) is 2.40. The molecule has 1 aromatic carbocycles. The average molecular weight is 133 g/mol. The molecule has 1 rings (SSSR count). The zero-order valence-electron chi connectivity index (χ0n) is 4.46. The summed E-state index contributed by atoms with van der Waals surface area (Å²) in [5.74, 6) is 0. The van der Waals surface area contributed by atoms with Crippen LogP contribution in [0.5, 0.6) is 0 Å². The molecule has 0 amide bonds. The van der Waals surface area contributed by atoms with E-state index in [0.717, 1.165) is 4.90 Å². The molecular weight excluding hydrogens is 128 g/mol. The maximum absolute atomic E-state index is 4.20. The van der Waals surface area contributed by atoms with Crippen molar-refractivity contribution in [2.24, 2.45) is 0 Å². The first-order valence-corrected chi connectivity index (χ1v) is 3.56. The number of hydrogen-bond acceptors (Lipinski definition) is 1. The Balaban J connectivity index is 3.13. The smallest absolute Gasteiger partial charge is 0.136 e. The van der Waals surface area contributed by atoms with Crippen LogP contribution in [0.2, 0.25) is 0 Å². The lowest BCUT2D eigenvalue weighted by Crippen LogP contribution is -2.01. The van der Waals surface area contributed by atoms with Gasteiger partial charge in [-0.1, -0.05) is 12.1 Å². The molecule has 0 unspecified atom stereocenters. The van der Waals surface area contributed by atoms with Crippen LogP contribution in [-0.4, -0.2) is 21.7 Å². The highest BCUT2D eigenvalue weighted by molar-refractivity contribution is 7.80.